The summed E-state index contributed by atoms with van der Waals surface area (Å²) in [6, 6.07) is 12.2. The molecule has 4 aromatic rings. The smallest absolute Gasteiger partial charge is 0.346 e. The van der Waals surface area contributed by atoms with Crippen LogP contribution in [-0.4, -0.2) is 53.0 Å². The lowest BCUT2D eigenvalue weighted by molar-refractivity contribution is -0.644. The number of hydrogen-bond donors (Lipinski definition) is 1. The minimum absolute atomic E-state index is 0.280. The number of aromatic nitrogens is 4. The van der Waals surface area contributed by atoms with Crippen molar-refractivity contribution in [1.29, 1.82) is 0 Å². The first-order valence-corrected chi connectivity index (χ1v) is 10.6. The van der Waals surface area contributed by atoms with Crippen LogP contribution in [0.3, 0.4) is 0 Å². The zero-order chi connectivity index (χ0) is 22.0. The van der Waals surface area contributed by atoms with E-state index in [0.717, 1.165) is 20.7 Å². The fraction of sp³-hybridized carbons (Fsp3) is 0.227. The number of thiophene rings is 1. The summed E-state index contributed by atoms with van der Waals surface area (Å²) in [7, 11) is 3.73. The van der Waals surface area contributed by atoms with E-state index >= 15 is 0 Å². The predicted molar refractivity (Wildman–Crippen MR) is 121 cm³/mol. The third-order valence-corrected chi connectivity index (χ3v) is 5.53. The molecule has 3 heterocycles. The Balaban J connectivity index is 1.92. The van der Waals surface area contributed by atoms with Crippen molar-refractivity contribution in [2.75, 3.05) is 20.7 Å². The van der Waals surface area contributed by atoms with Crippen LogP contribution < -0.4 is 4.68 Å². The average Bonchev–Trinajstić information content (AvgIpc) is 3.36. The molecule has 0 saturated heterocycles. The van der Waals surface area contributed by atoms with Gasteiger partial charge in [-0.3, -0.25) is 0 Å². The zero-order valence-corrected chi connectivity index (χ0v) is 18.6. The lowest BCUT2D eigenvalue weighted by Gasteiger charge is -2.02. The minimum Gasteiger partial charge on any atom is -0.462 e. The maximum Gasteiger partial charge on any atom is 0.346 e. The number of fused-ring (bicyclic) bond motifs is 1. The van der Waals surface area contributed by atoms with Gasteiger partial charge in [-0.25, -0.2) is 14.9 Å². The van der Waals surface area contributed by atoms with Gasteiger partial charge < -0.3 is 9.64 Å². The van der Waals surface area contributed by atoms with Crippen molar-refractivity contribution in [2.24, 2.45) is 4.99 Å². The molecule has 31 heavy (non-hydrogen) atoms. The highest BCUT2D eigenvalue weighted by Crippen LogP contribution is 2.34. The fourth-order valence-electron chi connectivity index (χ4n) is 3.12. The SMILES string of the molecule is CCOC(=O)c1c[nH][n+](-c2nc(C)nc3sc(-c4ccccc4)cc23)c1N=CN(C)C. The third-order valence-electron chi connectivity index (χ3n) is 4.45. The first-order valence-electron chi connectivity index (χ1n) is 9.83. The number of nitrogens with zero attached hydrogens (tertiary/aromatic N) is 5. The van der Waals surface area contributed by atoms with E-state index in [2.05, 4.69) is 38.3 Å². The van der Waals surface area contributed by atoms with E-state index < -0.39 is 5.97 Å². The summed E-state index contributed by atoms with van der Waals surface area (Å²) in [5, 5.41) is 3.99. The van der Waals surface area contributed by atoms with Crippen LogP contribution in [0.4, 0.5) is 5.82 Å². The van der Waals surface area contributed by atoms with Gasteiger partial charge in [-0.15, -0.1) is 16.0 Å². The number of esters is 1. The van der Waals surface area contributed by atoms with Crippen molar-refractivity contribution in [3.63, 3.8) is 0 Å². The van der Waals surface area contributed by atoms with Crippen LogP contribution in [0.15, 0.2) is 47.6 Å². The largest absolute Gasteiger partial charge is 0.462 e. The van der Waals surface area contributed by atoms with Crippen LogP contribution in [0.2, 0.25) is 0 Å². The van der Waals surface area contributed by atoms with E-state index in [1.165, 1.54) is 0 Å². The van der Waals surface area contributed by atoms with Gasteiger partial charge in [0.05, 0.1) is 18.2 Å². The van der Waals surface area contributed by atoms with Gasteiger partial charge in [0, 0.05) is 25.9 Å². The number of aromatic amines is 1. The highest BCUT2D eigenvalue weighted by atomic mass is 32.1. The Morgan fingerprint density at radius 1 is 1.29 bits per heavy atom. The number of aryl methyl sites for hydroxylation is 1. The van der Waals surface area contributed by atoms with E-state index in [4.69, 9.17) is 4.74 Å². The van der Waals surface area contributed by atoms with Gasteiger partial charge in [0.15, 0.2) is 11.9 Å². The molecule has 0 bridgehead atoms. The van der Waals surface area contributed by atoms with Crippen molar-refractivity contribution in [2.45, 2.75) is 13.8 Å². The van der Waals surface area contributed by atoms with Gasteiger partial charge in [-0.05, 0) is 18.6 Å². The topological polar surface area (TPSA) is 87.3 Å². The second kappa shape index (κ2) is 8.65. The lowest BCUT2D eigenvalue weighted by Crippen LogP contribution is -2.35. The summed E-state index contributed by atoms with van der Waals surface area (Å²) >= 11 is 1.60. The Morgan fingerprint density at radius 2 is 2.06 bits per heavy atom. The van der Waals surface area contributed by atoms with Crippen molar-refractivity contribution in [3.05, 3.63) is 54.0 Å². The van der Waals surface area contributed by atoms with E-state index in [1.807, 2.05) is 39.2 Å². The summed E-state index contributed by atoms with van der Waals surface area (Å²) in [5.41, 5.74) is 1.45. The molecule has 0 fully saturated rings. The number of carbonyl (C=O) groups excluding carboxylic acids is 1. The number of benzene rings is 1. The number of ether oxygens (including phenoxy) is 1. The molecule has 4 rings (SSSR count). The van der Waals surface area contributed by atoms with Gasteiger partial charge >= 0.3 is 11.8 Å². The molecule has 0 atom stereocenters. The number of carbonyl (C=O) groups is 1. The average molecular weight is 436 g/mol. The molecule has 3 aromatic heterocycles. The first-order chi connectivity index (χ1) is 15.0. The number of H-pyrrole nitrogens is 1. The Bertz CT molecular complexity index is 1260. The van der Waals surface area contributed by atoms with Gasteiger partial charge in [0.1, 0.15) is 4.83 Å². The number of rotatable bonds is 6. The monoisotopic (exact) mass is 435 g/mol. The summed E-state index contributed by atoms with van der Waals surface area (Å²) in [6.45, 7) is 3.90. The second-order valence-corrected chi connectivity index (χ2v) is 8.10. The van der Waals surface area contributed by atoms with E-state index in [1.54, 1.807) is 40.4 Å². The standard InChI is InChI=1S/C22H22N6O2S/c1-5-30-22(29)17-12-24-28(19(17)23-13-27(3)4)20-16-11-18(15-9-7-6-8-10-15)31-21(16)26-14(2)25-20/h6-13H,5H2,1-4H3/p+1. The van der Waals surface area contributed by atoms with Crippen molar-refractivity contribution in [3.8, 4) is 16.3 Å². The zero-order valence-electron chi connectivity index (χ0n) is 17.8. The summed E-state index contributed by atoms with van der Waals surface area (Å²) in [4.78, 5) is 30.1. The lowest BCUT2D eigenvalue weighted by atomic mass is 10.2. The van der Waals surface area contributed by atoms with E-state index in [0.29, 0.717) is 23.0 Å². The van der Waals surface area contributed by atoms with Gasteiger partial charge in [-0.1, -0.05) is 40.3 Å². The molecule has 9 heteroatoms. The number of hydrogen-bond acceptors (Lipinski definition) is 6. The van der Waals surface area contributed by atoms with Crippen LogP contribution >= 0.6 is 11.3 Å². The Kier molecular flexibility index (Phi) is 5.77. The molecule has 0 spiro atoms. The predicted octanol–water partition coefficient (Wildman–Crippen LogP) is 3.67. The van der Waals surface area contributed by atoms with E-state index in [9.17, 15) is 4.79 Å². The Hall–Kier alpha value is -3.59. The molecule has 0 unspecified atom stereocenters. The highest BCUT2D eigenvalue weighted by Gasteiger charge is 2.28. The molecule has 0 radical (unpaired) electrons. The number of aliphatic imine (C=N–C) groups is 1. The normalized spacial score (nSPS) is 11.4. The maximum absolute atomic E-state index is 12.5. The molecule has 0 aliphatic carbocycles. The summed E-state index contributed by atoms with van der Waals surface area (Å²) in [6.07, 6.45) is 3.23. The van der Waals surface area contributed by atoms with E-state index in [-0.39, 0.29) is 6.61 Å². The number of nitrogens with one attached hydrogen (secondary N) is 1. The molecular weight excluding hydrogens is 412 g/mol. The van der Waals surface area contributed by atoms with Crippen LogP contribution in [0.5, 0.6) is 0 Å². The quantitative estimate of drug-likeness (QED) is 0.216. The van der Waals surface area contributed by atoms with Gasteiger partial charge in [0.25, 0.3) is 5.82 Å². The molecule has 0 aliphatic heterocycles. The molecule has 8 nitrogen and oxygen atoms in total. The van der Waals surface area contributed by atoms with Crippen molar-refractivity contribution in [1.82, 2.24) is 20.0 Å². The summed E-state index contributed by atoms with van der Waals surface area (Å²) in [5.74, 6) is 1.23. The van der Waals surface area contributed by atoms with Crippen molar-refractivity contribution >= 4 is 39.7 Å². The van der Waals surface area contributed by atoms with Gasteiger partial charge in [0.2, 0.25) is 5.82 Å². The molecule has 0 amide bonds. The maximum atomic E-state index is 12.5. The molecular formula is C22H23N6O2S+. The highest BCUT2D eigenvalue weighted by molar-refractivity contribution is 7.21. The Labute approximate surface area is 183 Å². The van der Waals surface area contributed by atoms with Crippen LogP contribution in [0.25, 0.3) is 26.5 Å². The molecule has 1 N–H and O–H groups in total. The Morgan fingerprint density at radius 3 is 2.77 bits per heavy atom. The fourth-order valence-corrected chi connectivity index (χ4v) is 4.20. The van der Waals surface area contributed by atoms with Crippen LogP contribution in [-0.2, 0) is 4.74 Å². The summed E-state index contributed by atoms with van der Waals surface area (Å²) < 4.78 is 6.91. The molecule has 0 saturated carbocycles. The molecule has 158 valence electrons. The minimum atomic E-state index is -0.444. The van der Waals surface area contributed by atoms with Crippen LogP contribution in [0, 0.1) is 6.92 Å². The van der Waals surface area contributed by atoms with Crippen molar-refractivity contribution < 1.29 is 14.2 Å². The van der Waals surface area contributed by atoms with Gasteiger partial charge in [-0.2, -0.15) is 0 Å². The first kappa shape index (κ1) is 20.7. The molecule has 1 aromatic carbocycles. The second-order valence-electron chi connectivity index (χ2n) is 7.06. The van der Waals surface area contributed by atoms with Crippen LogP contribution in [0.1, 0.15) is 23.1 Å². The third kappa shape index (κ3) is 4.17. The molecule has 0 aliphatic rings.